The molecule has 0 fully saturated rings. The van der Waals surface area contributed by atoms with E-state index in [4.69, 9.17) is 0 Å². The van der Waals surface area contributed by atoms with Gasteiger partial charge < -0.3 is 10.6 Å². The fraction of sp³-hybridized carbons (Fsp3) is 0.167. The Morgan fingerprint density at radius 1 is 0.750 bits per heavy atom. The predicted molar refractivity (Wildman–Crippen MR) is 113 cm³/mol. The molecule has 0 aromatic heterocycles. The molecule has 0 saturated heterocycles. The average Bonchev–Trinajstić information content (AvgIpc) is 2.74. The van der Waals surface area contributed by atoms with Gasteiger partial charge in [-0.1, -0.05) is 48.5 Å². The summed E-state index contributed by atoms with van der Waals surface area (Å²) in [6.07, 6.45) is 1.80. The van der Waals surface area contributed by atoms with E-state index in [9.17, 15) is 9.59 Å². The summed E-state index contributed by atoms with van der Waals surface area (Å²) in [5.41, 5.74) is 3.09. The molecule has 0 radical (unpaired) electrons. The summed E-state index contributed by atoms with van der Waals surface area (Å²) in [4.78, 5) is 24.6. The van der Waals surface area contributed by atoms with Crippen LogP contribution in [-0.4, -0.2) is 17.9 Å². The molecule has 3 aromatic carbocycles. The van der Waals surface area contributed by atoms with Crippen molar-refractivity contribution >= 4 is 17.5 Å². The van der Waals surface area contributed by atoms with Crippen LogP contribution < -0.4 is 10.6 Å². The van der Waals surface area contributed by atoms with Gasteiger partial charge in [0.1, 0.15) is 0 Å². The van der Waals surface area contributed by atoms with Crippen molar-refractivity contribution in [2.45, 2.75) is 25.8 Å². The minimum absolute atomic E-state index is 0.0742. The van der Waals surface area contributed by atoms with Crippen LogP contribution in [0.4, 0.5) is 5.69 Å². The third-order valence-corrected chi connectivity index (χ3v) is 4.53. The molecule has 0 spiro atoms. The Hall–Kier alpha value is -3.40. The van der Waals surface area contributed by atoms with E-state index in [0.717, 1.165) is 12.8 Å². The highest BCUT2D eigenvalue weighted by Crippen LogP contribution is 2.12. The number of aryl methyl sites for hydroxylation is 1. The van der Waals surface area contributed by atoms with Gasteiger partial charge in [0.05, 0.1) is 0 Å². The molecule has 4 heteroatoms. The van der Waals surface area contributed by atoms with Crippen LogP contribution >= 0.6 is 0 Å². The van der Waals surface area contributed by atoms with Crippen molar-refractivity contribution < 1.29 is 9.59 Å². The zero-order valence-electron chi connectivity index (χ0n) is 15.9. The number of nitrogens with one attached hydrogen (secondary N) is 2. The first-order valence-electron chi connectivity index (χ1n) is 9.43. The molecule has 0 unspecified atom stereocenters. The van der Waals surface area contributed by atoms with Crippen LogP contribution in [0.15, 0.2) is 84.9 Å². The first kappa shape index (κ1) is 19.4. The van der Waals surface area contributed by atoms with Gasteiger partial charge in [-0.25, -0.2) is 0 Å². The highest BCUT2D eigenvalue weighted by Gasteiger charge is 2.11. The van der Waals surface area contributed by atoms with Crippen molar-refractivity contribution in [2.75, 3.05) is 5.32 Å². The highest BCUT2D eigenvalue weighted by molar-refractivity contribution is 6.04. The zero-order chi connectivity index (χ0) is 19.8. The Morgan fingerprint density at radius 2 is 1.32 bits per heavy atom. The van der Waals surface area contributed by atoms with E-state index in [-0.39, 0.29) is 17.9 Å². The number of benzene rings is 3. The fourth-order valence-electron chi connectivity index (χ4n) is 2.90. The number of anilines is 1. The van der Waals surface area contributed by atoms with E-state index >= 15 is 0 Å². The van der Waals surface area contributed by atoms with Crippen LogP contribution in [0.25, 0.3) is 0 Å². The van der Waals surface area contributed by atoms with Crippen molar-refractivity contribution in [2.24, 2.45) is 0 Å². The Balaban J connectivity index is 1.51. The number of hydrogen-bond acceptors (Lipinski definition) is 2. The lowest BCUT2D eigenvalue weighted by molar-refractivity contribution is 0.0938. The molecule has 0 heterocycles. The van der Waals surface area contributed by atoms with Gasteiger partial charge in [-0.3, -0.25) is 9.59 Å². The molecule has 0 aliphatic carbocycles. The standard InChI is InChI=1S/C24H24N2O2/c1-18(12-13-19-8-4-2-5-9-19)25-23(27)21-14-16-22(17-15-21)26-24(28)20-10-6-3-7-11-20/h2-11,14-18H,12-13H2,1H3,(H,25,27)(H,26,28)/t18-/m0/s1. The summed E-state index contributed by atoms with van der Waals surface area (Å²) in [6.45, 7) is 2.01. The SMILES string of the molecule is C[C@@H](CCc1ccccc1)NC(=O)c1ccc(NC(=O)c2ccccc2)cc1. The van der Waals surface area contributed by atoms with Crippen molar-refractivity contribution in [3.63, 3.8) is 0 Å². The maximum atomic E-state index is 12.4. The number of amides is 2. The molecule has 0 bridgehead atoms. The zero-order valence-corrected chi connectivity index (χ0v) is 15.9. The molecular formula is C24H24N2O2. The van der Waals surface area contributed by atoms with Crippen LogP contribution in [-0.2, 0) is 6.42 Å². The molecule has 4 nitrogen and oxygen atoms in total. The summed E-state index contributed by atoms with van der Waals surface area (Å²) in [6, 6.07) is 26.3. The quantitative estimate of drug-likeness (QED) is 0.632. The molecule has 2 amide bonds. The lowest BCUT2D eigenvalue weighted by Gasteiger charge is -2.14. The van der Waals surface area contributed by atoms with E-state index in [1.807, 2.05) is 43.3 Å². The van der Waals surface area contributed by atoms with Crippen molar-refractivity contribution in [1.82, 2.24) is 5.32 Å². The van der Waals surface area contributed by atoms with E-state index < -0.39 is 0 Å². The van der Waals surface area contributed by atoms with Crippen molar-refractivity contribution in [3.05, 3.63) is 102 Å². The third kappa shape index (κ3) is 5.55. The van der Waals surface area contributed by atoms with Gasteiger partial charge in [0.15, 0.2) is 0 Å². The molecule has 142 valence electrons. The third-order valence-electron chi connectivity index (χ3n) is 4.53. The summed E-state index contributed by atoms with van der Waals surface area (Å²) in [5, 5.41) is 5.86. The summed E-state index contributed by atoms with van der Waals surface area (Å²) in [7, 11) is 0. The maximum absolute atomic E-state index is 12.4. The largest absolute Gasteiger partial charge is 0.350 e. The van der Waals surface area contributed by atoms with Crippen LogP contribution in [0, 0.1) is 0 Å². The topological polar surface area (TPSA) is 58.2 Å². The molecule has 0 saturated carbocycles. The maximum Gasteiger partial charge on any atom is 0.255 e. The van der Waals surface area contributed by atoms with Gasteiger partial charge in [-0.15, -0.1) is 0 Å². The molecule has 1 atom stereocenters. The molecule has 3 aromatic rings. The average molecular weight is 372 g/mol. The molecule has 28 heavy (non-hydrogen) atoms. The summed E-state index contributed by atoms with van der Waals surface area (Å²) in [5.74, 6) is -0.283. The highest BCUT2D eigenvalue weighted by atomic mass is 16.2. The number of hydrogen-bond donors (Lipinski definition) is 2. The van der Waals surface area contributed by atoms with Crippen molar-refractivity contribution in [3.8, 4) is 0 Å². The minimum Gasteiger partial charge on any atom is -0.350 e. The lowest BCUT2D eigenvalue weighted by atomic mass is 10.1. The lowest BCUT2D eigenvalue weighted by Crippen LogP contribution is -2.32. The smallest absolute Gasteiger partial charge is 0.255 e. The van der Waals surface area contributed by atoms with Gasteiger partial charge in [-0.05, 0) is 61.7 Å². The minimum atomic E-state index is -0.174. The van der Waals surface area contributed by atoms with Gasteiger partial charge in [0.25, 0.3) is 11.8 Å². The van der Waals surface area contributed by atoms with Gasteiger partial charge in [-0.2, -0.15) is 0 Å². The molecule has 2 N–H and O–H groups in total. The Morgan fingerprint density at radius 3 is 1.96 bits per heavy atom. The normalized spacial score (nSPS) is 11.5. The number of carbonyl (C=O) groups excluding carboxylic acids is 2. The van der Waals surface area contributed by atoms with Gasteiger partial charge in [0.2, 0.25) is 0 Å². The van der Waals surface area contributed by atoms with Crippen molar-refractivity contribution in [1.29, 1.82) is 0 Å². The Kier molecular flexibility index (Phi) is 6.58. The van der Waals surface area contributed by atoms with Gasteiger partial charge in [0, 0.05) is 22.9 Å². The predicted octanol–water partition coefficient (Wildman–Crippen LogP) is 4.69. The molecular weight excluding hydrogens is 348 g/mol. The number of carbonyl (C=O) groups is 2. The van der Waals surface area contributed by atoms with Crippen LogP contribution in [0.1, 0.15) is 39.6 Å². The Labute approximate surface area is 165 Å². The molecule has 3 rings (SSSR count). The fourth-order valence-corrected chi connectivity index (χ4v) is 2.90. The van der Waals surface area contributed by atoms with E-state index in [0.29, 0.717) is 16.8 Å². The van der Waals surface area contributed by atoms with Crippen LogP contribution in [0.2, 0.25) is 0 Å². The first-order chi connectivity index (χ1) is 13.6. The number of rotatable bonds is 7. The second-order valence-corrected chi connectivity index (χ2v) is 6.80. The van der Waals surface area contributed by atoms with Crippen LogP contribution in [0.5, 0.6) is 0 Å². The van der Waals surface area contributed by atoms with Crippen LogP contribution in [0.3, 0.4) is 0 Å². The van der Waals surface area contributed by atoms with E-state index in [1.165, 1.54) is 5.56 Å². The monoisotopic (exact) mass is 372 g/mol. The van der Waals surface area contributed by atoms with E-state index in [1.54, 1.807) is 36.4 Å². The molecule has 0 aliphatic heterocycles. The van der Waals surface area contributed by atoms with Gasteiger partial charge >= 0.3 is 0 Å². The second kappa shape index (κ2) is 9.51. The first-order valence-corrected chi connectivity index (χ1v) is 9.43. The van der Waals surface area contributed by atoms with E-state index in [2.05, 4.69) is 22.8 Å². The second-order valence-electron chi connectivity index (χ2n) is 6.80. The summed E-state index contributed by atoms with van der Waals surface area (Å²) >= 11 is 0. The Bertz CT molecular complexity index is 906. The molecule has 0 aliphatic rings. The summed E-state index contributed by atoms with van der Waals surface area (Å²) < 4.78 is 0.